The van der Waals surface area contributed by atoms with Crippen molar-refractivity contribution in [1.29, 1.82) is 0 Å². The minimum atomic E-state index is -0.422. The monoisotopic (exact) mass is 437 g/mol. The summed E-state index contributed by atoms with van der Waals surface area (Å²) in [5, 5.41) is 17.2. The Morgan fingerprint density at radius 3 is 2.77 bits per heavy atom. The molecule has 3 N–H and O–H groups in total. The smallest absolute Gasteiger partial charge is 0.271 e. The van der Waals surface area contributed by atoms with E-state index in [4.69, 9.17) is 0 Å². The molecule has 1 atom stereocenters. The summed E-state index contributed by atoms with van der Waals surface area (Å²) in [7, 11) is 0. The van der Waals surface area contributed by atoms with Crippen LogP contribution in [0, 0.1) is 5.82 Å². The average molecular weight is 438 g/mol. The van der Waals surface area contributed by atoms with E-state index in [0.29, 0.717) is 28.7 Å². The molecule has 3 aromatic heterocycles. The van der Waals surface area contributed by atoms with Crippen LogP contribution in [0.15, 0.2) is 54.2 Å². The van der Waals surface area contributed by atoms with Crippen molar-refractivity contribution >= 4 is 33.4 Å². The van der Waals surface area contributed by atoms with Crippen LogP contribution in [0.3, 0.4) is 0 Å². The van der Waals surface area contributed by atoms with Gasteiger partial charge in [-0.2, -0.15) is 0 Å². The molecule has 1 aromatic carbocycles. The van der Waals surface area contributed by atoms with Crippen molar-refractivity contribution in [1.82, 2.24) is 20.3 Å². The highest BCUT2D eigenvalue weighted by Crippen LogP contribution is 2.25. The molecule has 0 spiro atoms. The number of nitrogens with one attached hydrogen (secondary N) is 2. The molecule has 9 heteroatoms. The summed E-state index contributed by atoms with van der Waals surface area (Å²) in [6.45, 7) is 2.27. The fourth-order valence-electron chi connectivity index (χ4n) is 3.09. The quantitative estimate of drug-likeness (QED) is 0.403. The van der Waals surface area contributed by atoms with Crippen molar-refractivity contribution in [3.63, 3.8) is 0 Å². The van der Waals surface area contributed by atoms with Crippen LogP contribution in [0.4, 0.5) is 10.3 Å². The number of hydrogen-bond donors (Lipinski definition) is 3. The van der Waals surface area contributed by atoms with Crippen LogP contribution in [0.5, 0.6) is 5.75 Å². The molecule has 1 amide bonds. The Kier molecular flexibility index (Phi) is 6.03. The first-order valence-corrected chi connectivity index (χ1v) is 10.6. The van der Waals surface area contributed by atoms with E-state index in [-0.39, 0.29) is 29.3 Å². The normalized spacial score (nSPS) is 11.9. The van der Waals surface area contributed by atoms with Gasteiger partial charge in [0.2, 0.25) is 5.95 Å². The van der Waals surface area contributed by atoms with E-state index in [2.05, 4.69) is 25.6 Å². The third kappa shape index (κ3) is 4.95. The van der Waals surface area contributed by atoms with Gasteiger partial charge in [0.05, 0.1) is 22.5 Å². The Morgan fingerprint density at radius 1 is 1.19 bits per heavy atom. The summed E-state index contributed by atoms with van der Waals surface area (Å²) in [5.74, 6) is -0.228. The van der Waals surface area contributed by atoms with Crippen molar-refractivity contribution in [3.8, 4) is 5.75 Å². The maximum atomic E-state index is 13.5. The number of rotatable bonds is 7. The number of phenolic OH excluding ortho intramolecular Hbond substituents is 1. The zero-order valence-corrected chi connectivity index (χ0v) is 17.5. The molecule has 31 heavy (non-hydrogen) atoms. The number of benzene rings is 1. The Labute approximate surface area is 182 Å². The lowest BCUT2D eigenvalue weighted by Gasteiger charge is -2.15. The molecule has 1 unspecified atom stereocenters. The minimum absolute atomic E-state index is 0.206. The van der Waals surface area contributed by atoms with Crippen molar-refractivity contribution in [3.05, 3.63) is 76.8 Å². The molecular weight excluding hydrogens is 417 g/mol. The van der Waals surface area contributed by atoms with Crippen LogP contribution in [0.25, 0.3) is 10.2 Å². The molecule has 158 valence electrons. The van der Waals surface area contributed by atoms with Crippen molar-refractivity contribution in [2.45, 2.75) is 19.4 Å². The number of anilines is 1. The van der Waals surface area contributed by atoms with E-state index >= 15 is 0 Å². The zero-order chi connectivity index (χ0) is 21.8. The molecule has 0 aliphatic rings. The van der Waals surface area contributed by atoms with E-state index in [1.54, 1.807) is 18.3 Å². The number of halogens is 1. The first kappa shape index (κ1) is 20.7. The van der Waals surface area contributed by atoms with Crippen molar-refractivity contribution in [2.75, 3.05) is 11.9 Å². The Balaban J connectivity index is 1.49. The van der Waals surface area contributed by atoms with Gasteiger partial charge in [-0.05, 0) is 54.1 Å². The number of hydrogen-bond acceptors (Lipinski definition) is 7. The van der Waals surface area contributed by atoms with Gasteiger partial charge in [-0.15, -0.1) is 11.3 Å². The molecule has 0 bridgehead atoms. The van der Waals surface area contributed by atoms with Crippen LogP contribution in [-0.2, 0) is 6.42 Å². The second-order valence-corrected chi connectivity index (χ2v) is 7.92. The topological polar surface area (TPSA) is 100 Å². The molecule has 7 nitrogen and oxygen atoms in total. The van der Waals surface area contributed by atoms with Gasteiger partial charge in [-0.1, -0.05) is 12.1 Å². The molecule has 0 aliphatic heterocycles. The Morgan fingerprint density at radius 2 is 2.00 bits per heavy atom. The number of carbonyl (C=O) groups excluding carboxylic acids is 1. The third-order valence-electron chi connectivity index (χ3n) is 4.73. The maximum absolute atomic E-state index is 13.5. The Hall–Kier alpha value is -3.59. The van der Waals surface area contributed by atoms with Gasteiger partial charge >= 0.3 is 0 Å². The highest BCUT2D eigenvalue weighted by atomic mass is 32.1. The van der Waals surface area contributed by atoms with Gasteiger partial charge in [0.1, 0.15) is 11.6 Å². The van der Waals surface area contributed by atoms with Crippen molar-refractivity contribution in [2.24, 2.45) is 0 Å². The van der Waals surface area contributed by atoms with E-state index in [1.807, 2.05) is 30.5 Å². The van der Waals surface area contributed by atoms with E-state index in [9.17, 15) is 14.3 Å². The lowest BCUT2D eigenvalue weighted by Crippen LogP contribution is -2.27. The van der Waals surface area contributed by atoms with Gasteiger partial charge < -0.3 is 15.7 Å². The molecule has 4 aromatic rings. The molecule has 4 rings (SSSR count). The largest absolute Gasteiger partial charge is 0.508 e. The molecule has 0 saturated carbocycles. The number of fused-ring (bicyclic) bond motifs is 1. The summed E-state index contributed by atoms with van der Waals surface area (Å²) in [4.78, 5) is 25.6. The van der Waals surface area contributed by atoms with Crippen LogP contribution in [0.2, 0.25) is 0 Å². The summed E-state index contributed by atoms with van der Waals surface area (Å²) in [5.41, 5.74) is 2.60. The number of phenols is 1. The molecule has 0 fully saturated rings. The van der Waals surface area contributed by atoms with Gasteiger partial charge in [-0.25, -0.2) is 14.4 Å². The fourth-order valence-corrected chi connectivity index (χ4v) is 3.91. The molecule has 3 heterocycles. The minimum Gasteiger partial charge on any atom is -0.508 e. The second kappa shape index (κ2) is 9.05. The third-order valence-corrected chi connectivity index (χ3v) is 5.64. The van der Waals surface area contributed by atoms with Gasteiger partial charge in [0, 0.05) is 12.7 Å². The SMILES string of the molecule is CC(Nc1nc(C(=O)NCCc2ccc(O)cc2)c2sccc2n1)c1cncc(F)c1. The molecule has 0 aliphatic carbocycles. The van der Waals surface area contributed by atoms with Crippen molar-refractivity contribution < 1.29 is 14.3 Å². The standard InChI is InChI=1S/C22H20FN5O2S/c1-13(15-10-16(23)12-24-11-15)26-22-27-18-7-9-31-20(18)19(28-22)21(30)25-8-6-14-2-4-17(29)5-3-14/h2-5,7,9-13,29H,6,8H2,1H3,(H,25,30)(H,26,27,28). The molecular formula is C22H20FN5O2S. The number of amides is 1. The number of nitrogens with zero attached hydrogens (tertiary/aromatic N) is 3. The molecule has 0 saturated heterocycles. The summed E-state index contributed by atoms with van der Waals surface area (Å²) >= 11 is 1.40. The average Bonchev–Trinajstić information content (AvgIpc) is 3.23. The van der Waals surface area contributed by atoms with Crippen LogP contribution < -0.4 is 10.6 Å². The van der Waals surface area contributed by atoms with E-state index in [1.165, 1.54) is 17.4 Å². The summed E-state index contributed by atoms with van der Waals surface area (Å²) < 4.78 is 14.2. The van der Waals surface area contributed by atoms with Gasteiger partial charge in [0.15, 0.2) is 5.69 Å². The highest BCUT2D eigenvalue weighted by Gasteiger charge is 2.17. The number of aromatic nitrogens is 3. The first-order chi connectivity index (χ1) is 15.0. The maximum Gasteiger partial charge on any atom is 0.271 e. The summed E-state index contributed by atoms with van der Waals surface area (Å²) in [6, 6.07) is 9.78. The van der Waals surface area contributed by atoms with E-state index < -0.39 is 5.82 Å². The first-order valence-electron chi connectivity index (χ1n) is 9.68. The van der Waals surface area contributed by atoms with Crippen LogP contribution in [-0.4, -0.2) is 32.5 Å². The second-order valence-electron chi connectivity index (χ2n) is 7.01. The predicted octanol–water partition coefficient (Wildman–Crippen LogP) is 4.08. The Bertz CT molecular complexity index is 1210. The number of aromatic hydroxyl groups is 1. The van der Waals surface area contributed by atoms with Crippen LogP contribution >= 0.6 is 11.3 Å². The molecule has 0 radical (unpaired) electrons. The number of carbonyl (C=O) groups is 1. The predicted molar refractivity (Wildman–Crippen MR) is 118 cm³/mol. The number of pyridine rings is 1. The zero-order valence-electron chi connectivity index (χ0n) is 16.7. The van der Waals surface area contributed by atoms with Gasteiger partial charge in [0.25, 0.3) is 5.91 Å². The summed E-state index contributed by atoms with van der Waals surface area (Å²) in [6.07, 6.45) is 3.34. The van der Waals surface area contributed by atoms with Gasteiger partial charge in [-0.3, -0.25) is 9.78 Å². The lowest BCUT2D eigenvalue weighted by molar-refractivity contribution is 0.0951. The van der Waals surface area contributed by atoms with E-state index in [0.717, 1.165) is 11.8 Å². The fraction of sp³-hybridized carbons (Fsp3) is 0.182. The van der Waals surface area contributed by atoms with Crippen LogP contribution in [0.1, 0.15) is 34.6 Å². The highest BCUT2D eigenvalue weighted by molar-refractivity contribution is 7.17. The number of thiophene rings is 1. The lowest BCUT2D eigenvalue weighted by atomic mass is 10.1.